The fourth-order valence-corrected chi connectivity index (χ4v) is 1.66. The zero-order valence-corrected chi connectivity index (χ0v) is 16.0. The van der Waals surface area contributed by atoms with Crippen molar-refractivity contribution >= 4 is 27.4 Å². The van der Waals surface area contributed by atoms with Gasteiger partial charge in [0.05, 0.1) is 0 Å². The number of hydrogen-bond acceptors (Lipinski definition) is 6. The van der Waals surface area contributed by atoms with Gasteiger partial charge in [0.15, 0.2) is 0 Å². The van der Waals surface area contributed by atoms with E-state index in [-0.39, 0.29) is 0 Å². The summed E-state index contributed by atoms with van der Waals surface area (Å²) in [5.74, 6) is -2.94. The second-order valence-electron chi connectivity index (χ2n) is 3.28. The van der Waals surface area contributed by atoms with Crippen molar-refractivity contribution in [1.82, 2.24) is 0 Å². The van der Waals surface area contributed by atoms with Crippen LogP contribution in [0.25, 0.3) is 0 Å². The Labute approximate surface area is 149 Å². The molecule has 3 N–H and O–H groups in total. The summed E-state index contributed by atoms with van der Waals surface area (Å²) in [4.78, 5) is 27.8. The van der Waals surface area contributed by atoms with Gasteiger partial charge in [-0.25, -0.2) is 14.4 Å². The topological polar surface area (TPSA) is 140 Å². The summed E-state index contributed by atoms with van der Waals surface area (Å²) >= 11 is 0. The van der Waals surface area contributed by atoms with E-state index in [0.717, 1.165) is 18.2 Å². The smallest absolute Gasteiger partial charge is 0.478 e. The zero-order valence-electron chi connectivity index (χ0n) is 14.8. The van der Waals surface area contributed by atoms with E-state index >= 15 is 0 Å². The Balaban J connectivity index is -0.000000126. The molecule has 146 valence electrons. The summed E-state index contributed by atoms with van der Waals surface area (Å²) in [7, 11) is -1.73. The average molecular weight is 380 g/mol. The van der Waals surface area contributed by atoms with Crippen LogP contribution in [0.3, 0.4) is 0 Å². The maximum Gasteiger partial charge on any atom is 0.484 e. The van der Waals surface area contributed by atoms with Gasteiger partial charge in [-0.05, 0) is 20.8 Å². The molecule has 10 heteroatoms. The SMILES string of the molecule is C=CC(=O)O.C=CC(=O)O.C=CC(=O)O.CCO[SiH](OCC)OCC. The molecule has 0 saturated heterocycles. The normalized spacial score (nSPS) is 8.16. The minimum absolute atomic E-state index is 0.677. The first-order valence-electron chi connectivity index (χ1n) is 7.07. The van der Waals surface area contributed by atoms with Crippen LogP contribution >= 0.6 is 0 Å². The van der Waals surface area contributed by atoms with Crippen LogP contribution in [0.15, 0.2) is 38.0 Å². The highest BCUT2D eigenvalue weighted by atomic mass is 28.3. The van der Waals surface area contributed by atoms with Crippen LogP contribution in [0.4, 0.5) is 0 Å². The van der Waals surface area contributed by atoms with Gasteiger partial charge in [-0.1, -0.05) is 19.7 Å². The number of aliphatic carboxylic acids is 3. The Morgan fingerprint density at radius 3 is 0.960 bits per heavy atom. The van der Waals surface area contributed by atoms with E-state index in [2.05, 4.69) is 19.7 Å². The fraction of sp³-hybridized carbons (Fsp3) is 0.400. The van der Waals surface area contributed by atoms with Crippen LogP contribution in [-0.4, -0.2) is 62.6 Å². The molecule has 0 rings (SSSR count). The Bertz CT molecular complexity index is 326. The third-order valence-electron chi connectivity index (χ3n) is 1.43. The lowest BCUT2D eigenvalue weighted by Gasteiger charge is -2.12. The second kappa shape index (κ2) is 26.6. The van der Waals surface area contributed by atoms with Crippen molar-refractivity contribution < 1.29 is 43.0 Å². The van der Waals surface area contributed by atoms with Crippen molar-refractivity contribution in [3.63, 3.8) is 0 Å². The number of rotatable bonds is 9. The molecule has 0 unspecified atom stereocenters. The lowest BCUT2D eigenvalue weighted by Crippen LogP contribution is -2.27. The van der Waals surface area contributed by atoms with Gasteiger partial charge in [-0.2, -0.15) is 0 Å². The standard InChI is InChI=1S/C6H16O3Si.3C3H4O2/c1-4-7-10(8-5-2)9-6-3;3*1-2-3(4)5/h10H,4-6H2,1-3H3;3*2H,1H2,(H,4,5). The van der Waals surface area contributed by atoms with Crippen LogP contribution < -0.4 is 0 Å². The Hall–Kier alpha value is -2.27. The highest BCUT2D eigenvalue weighted by Gasteiger charge is 2.11. The molecule has 0 radical (unpaired) electrons. The number of carboxylic acids is 3. The quantitative estimate of drug-likeness (QED) is 0.402. The van der Waals surface area contributed by atoms with E-state index in [1.54, 1.807) is 0 Å². The van der Waals surface area contributed by atoms with Crippen LogP contribution in [0, 0.1) is 0 Å². The van der Waals surface area contributed by atoms with Crippen molar-refractivity contribution in [3.8, 4) is 0 Å². The molecule has 0 aliphatic heterocycles. The summed E-state index contributed by atoms with van der Waals surface area (Å²) < 4.78 is 15.7. The lowest BCUT2D eigenvalue weighted by molar-refractivity contribution is -0.132. The van der Waals surface area contributed by atoms with E-state index < -0.39 is 27.4 Å². The van der Waals surface area contributed by atoms with Gasteiger partial charge in [-0.15, -0.1) is 0 Å². The third kappa shape index (κ3) is 52.2. The number of hydrogen-bond donors (Lipinski definition) is 3. The van der Waals surface area contributed by atoms with Crippen LogP contribution in [0.5, 0.6) is 0 Å². The van der Waals surface area contributed by atoms with E-state index in [4.69, 9.17) is 28.6 Å². The number of carboxylic acid groups (broad SMARTS) is 3. The van der Waals surface area contributed by atoms with Crippen LogP contribution in [-0.2, 0) is 27.7 Å². The van der Waals surface area contributed by atoms with Crippen LogP contribution in [0.2, 0.25) is 0 Å². The molecule has 25 heavy (non-hydrogen) atoms. The maximum absolute atomic E-state index is 9.25. The average Bonchev–Trinajstić information content (AvgIpc) is 2.57. The summed E-state index contributed by atoms with van der Waals surface area (Å²) in [6, 6.07) is 0. The van der Waals surface area contributed by atoms with Gasteiger partial charge in [-0.3, -0.25) is 0 Å². The van der Waals surface area contributed by atoms with E-state index in [0.29, 0.717) is 19.8 Å². The van der Waals surface area contributed by atoms with Gasteiger partial charge in [0.25, 0.3) is 0 Å². The fourth-order valence-electron chi connectivity index (χ4n) is 0.553. The van der Waals surface area contributed by atoms with Crippen molar-refractivity contribution in [1.29, 1.82) is 0 Å². The highest BCUT2D eigenvalue weighted by Crippen LogP contribution is 1.91. The van der Waals surface area contributed by atoms with Crippen molar-refractivity contribution in [2.24, 2.45) is 0 Å². The highest BCUT2D eigenvalue weighted by molar-refractivity contribution is 6.36. The molecule has 0 saturated carbocycles. The molecule has 0 bridgehead atoms. The van der Waals surface area contributed by atoms with Crippen molar-refractivity contribution in [2.75, 3.05) is 19.8 Å². The molecule has 0 fully saturated rings. The predicted octanol–water partition coefficient (Wildman–Crippen LogP) is 1.58. The second-order valence-corrected chi connectivity index (χ2v) is 4.86. The van der Waals surface area contributed by atoms with E-state index in [1.165, 1.54) is 0 Å². The van der Waals surface area contributed by atoms with Crippen molar-refractivity contribution in [3.05, 3.63) is 38.0 Å². The first-order valence-corrected chi connectivity index (χ1v) is 8.48. The van der Waals surface area contributed by atoms with E-state index in [9.17, 15) is 14.4 Å². The third-order valence-corrected chi connectivity index (χ3v) is 3.25. The lowest BCUT2D eigenvalue weighted by atomic mass is 10.7. The summed E-state index contributed by atoms with van der Waals surface area (Å²) in [5, 5.41) is 22.8. The molecule has 9 nitrogen and oxygen atoms in total. The maximum atomic E-state index is 9.25. The van der Waals surface area contributed by atoms with Crippen LogP contribution in [0.1, 0.15) is 20.8 Å². The molecule has 0 aromatic rings. The molecule has 0 heterocycles. The van der Waals surface area contributed by atoms with Gasteiger partial charge < -0.3 is 28.6 Å². The summed E-state index contributed by atoms with van der Waals surface area (Å²) in [5.41, 5.74) is 0. The van der Waals surface area contributed by atoms with Gasteiger partial charge in [0, 0.05) is 38.0 Å². The molecule has 0 aliphatic rings. The van der Waals surface area contributed by atoms with E-state index in [1.807, 2.05) is 20.8 Å². The minimum atomic E-state index is -1.73. The van der Waals surface area contributed by atoms with Gasteiger partial charge in [0.2, 0.25) is 0 Å². The predicted molar refractivity (Wildman–Crippen MR) is 95.5 cm³/mol. The molecule has 0 atom stereocenters. The van der Waals surface area contributed by atoms with Gasteiger partial charge >= 0.3 is 27.4 Å². The zero-order chi connectivity index (χ0) is 20.7. The number of carbonyl (C=O) groups is 3. The molecule has 0 aromatic heterocycles. The first-order chi connectivity index (χ1) is 11.7. The molecule has 0 spiro atoms. The monoisotopic (exact) mass is 380 g/mol. The molecule has 0 amide bonds. The molecular weight excluding hydrogens is 352 g/mol. The molecule has 0 aromatic carbocycles. The summed E-state index contributed by atoms with van der Waals surface area (Å²) in [6.45, 7) is 16.7. The summed E-state index contributed by atoms with van der Waals surface area (Å²) in [6.07, 6.45) is 2.50. The Morgan fingerprint density at radius 1 is 0.720 bits per heavy atom. The van der Waals surface area contributed by atoms with Gasteiger partial charge in [0.1, 0.15) is 0 Å². The molecular formula is C15H28O9Si. The Morgan fingerprint density at radius 2 is 0.880 bits per heavy atom. The Kier molecular flexibility index (Phi) is 32.6. The minimum Gasteiger partial charge on any atom is -0.478 e. The first kappa shape index (κ1) is 30.6. The van der Waals surface area contributed by atoms with Crippen molar-refractivity contribution in [2.45, 2.75) is 20.8 Å². The largest absolute Gasteiger partial charge is 0.484 e. The molecule has 0 aliphatic carbocycles.